The fourth-order valence-electron chi connectivity index (χ4n) is 1.97. The molecule has 0 aliphatic heterocycles. The molecule has 0 saturated carbocycles. The second-order valence-corrected chi connectivity index (χ2v) is 7.27. The molecular formula is C16H12BrClN4OS. The number of hydrogen-bond donors (Lipinski definition) is 1. The normalized spacial score (nSPS) is 10.6. The Balaban J connectivity index is 1.88. The van der Waals surface area contributed by atoms with Crippen molar-refractivity contribution in [2.75, 3.05) is 5.32 Å². The third kappa shape index (κ3) is 3.98. The van der Waals surface area contributed by atoms with Gasteiger partial charge in [0.05, 0.1) is 11.3 Å². The lowest BCUT2D eigenvalue weighted by molar-refractivity contribution is 0.102. The van der Waals surface area contributed by atoms with E-state index in [-0.39, 0.29) is 5.91 Å². The van der Waals surface area contributed by atoms with Crippen LogP contribution in [0.3, 0.4) is 0 Å². The van der Waals surface area contributed by atoms with E-state index >= 15 is 0 Å². The first-order valence-corrected chi connectivity index (χ1v) is 8.88. The Morgan fingerprint density at radius 3 is 2.88 bits per heavy atom. The summed E-state index contributed by atoms with van der Waals surface area (Å²) in [6, 6.07) is 7.06. The standard InChI is InChI=1S/C16H12BrClN4OS/c1-22-5-4-20-16(22)24-14-3-2-12(18)7-13(14)21-15(23)10-6-11(17)9-19-8-10/h2-9H,1H3,(H,21,23). The number of halogens is 2. The third-order valence-electron chi connectivity index (χ3n) is 3.14. The summed E-state index contributed by atoms with van der Waals surface area (Å²) in [6.45, 7) is 0. The van der Waals surface area contributed by atoms with E-state index in [0.717, 1.165) is 14.5 Å². The van der Waals surface area contributed by atoms with Crippen molar-refractivity contribution in [3.05, 3.63) is 64.1 Å². The van der Waals surface area contributed by atoms with Gasteiger partial charge in [0.1, 0.15) is 0 Å². The summed E-state index contributed by atoms with van der Waals surface area (Å²) < 4.78 is 2.65. The lowest BCUT2D eigenvalue weighted by Gasteiger charge is -2.11. The monoisotopic (exact) mass is 422 g/mol. The average Bonchev–Trinajstić information content (AvgIpc) is 2.95. The number of imidazole rings is 1. The lowest BCUT2D eigenvalue weighted by Crippen LogP contribution is -2.13. The van der Waals surface area contributed by atoms with Crippen LogP contribution in [-0.2, 0) is 7.05 Å². The van der Waals surface area contributed by atoms with Crippen LogP contribution in [0.1, 0.15) is 10.4 Å². The molecule has 0 radical (unpaired) electrons. The number of amides is 1. The molecule has 0 bridgehead atoms. The molecule has 0 aliphatic rings. The minimum absolute atomic E-state index is 0.257. The topological polar surface area (TPSA) is 59.8 Å². The molecule has 0 saturated heterocycles. The van der Waals surface area contributed by atoms with Gasteiger partial charge in [0.25, 0.3) is 5.91 Å². The fraction of sp³-hybridized carbons (Fsp3) is 0.0625. The number of carbonyl (C=O) groups excluding carboxylic acids is 1. The van der Waals surface area contributed by atoms with Gasteiger partial charge in [-0.15, -0.1) is 0 Å². The molecule has 5 nitrogen and oxygen atoms in total. The van der Waals surface area contributed by atoms with Gasteiger partial charge in [-0.25, -0.2) is 4.98 Å². The summed E-state index contributed by atoms with van der Waals surface area (Å²) in [5, 5.41) is 4.24. The van der Waals surface area contributed by atoms with E-state index in [1.165, 1.54) is 18.0 Å². The van der Waals surface area contributed by atoms with Gasteiger partial charge in [0, 0.05) is 46.2 Å². The number of aryl methyl sites for hydroxylation is 1. The minimum atomic E-state index is -0.257. The number of rotatable bonds is 4. The number of nitrogens with one attached hydrogen (secondary N) is 1. The van der Waals surface area contributed by atoms with Crippen molar-refractivity contribution >= 4 is 50.9 Å². The highest BCUT2D eigenvalue weighted by Gasteiger charge is 2.13. The van der Waals surface area contributed by atoms with Crippen LogP contribution in [0, 0.1) is 0 Å². The van der Waals surface area contributed by atoms with E-state index in [2.05, 4.69) is 31.2 Å². The molecule has 1 amide bonds. The molecule has 2 heterocycles. The summed E-state index contributed by atoms with van der Waals surface area (Å²) in [6.07, 6.45) is 6.72. The molecule has 3 aromatic rings. The Morgan fingerprint density at radius 2 is 2.17 bits per heavy atom. The van der Waals surface area contributed by atoms with Crippen molar-refractivity contribution in [1.29, 1.82) is 0 Å². The van der Waals surface area contributed by atoms with Gasteiger partial charge in [-0.2, -0.15) is 0 Å². The molecule has 0 fully saturated rings. The van der Waals surface area contributed by atoms with E-state index in [9.17, 15) is 4.79 Å². The van der Waals surface area contributed by atoms with Gasteiger partial charge >= 0.3 is 0 Å². The number of anilines is 1. The summed E-state index contributed by atoms with van der Waals surface area (Å²) in [5.74, 6) is -0.257. The number of pyridine rings is 1. The van der Waals surface area contributed by atoms with Crippen LogP contribution in [0.2, 0.25) is 5.02 Å². The van der Waals surface area contributed by atoms with Crippen molar-refractivity contribution in [2.24, 2.45) is 7.05 Å². The second-order valence-electron chi connectivity index (χ2n) is 4.91. The van der Waals surface area contributed by atoms with Crippen molar-refractivity contribution in [3.8, 4) is 0 Å². The molecule has 122 valence electrons. The van der Waals surface area contributed by atoms with Gasteiger partial charge in [-0.1, -0.05) is 11.6 Å². The number of carbonyl (C=O) groups is 1. The first kappa shape index (κ1) is 17.0. The first-order valence-electron chi connectivity index (χ1n) is 6.89. The van der Waals surface area contributed by atoms with E-state index in [0.29, 0.717) is 16.3 Å². The smallest absolute Gasteiger partial charge is 0.257 e. The SMILES string of the molecule is Cn1ccnc1Sc1ccc(Cl)cc1NC(=O)c1cncc(Br)c1. The van der Waals surface area contributed by atoms with Crippen LogP contribution < -0.4 is 5.32 Å². The predicted octanol–water partition coefficient (Wildman–Crippen LogP) is 4.63. The summed E-state index contributed by atoms with van der Waals surface area (Å²) in [5.41, 5.74) is 1.08. The Bertz CT molecular complexity index is 899. The first-order chi connectivity index (χ1) is 11.5. The zero-order valence-electron chi connectivity index (χ0n) is 12.5. The van der Waals surface area contributed by atoms with Gasteiger partial charge in [-0.3, -0.25) is 9.78 Å². The van der Waals surface area contributed by atoms with Crippen LogP contribution in [0.4, 0.5) is 5.69 Å². The highest BCUT2D eigenvalue weighted by Crippen LogP contribution is 2.34. The van der Waals surface area contributed by atoms with Gasteiger partial charge in [-0.05, 0) is 52.0 Å². The number of aromatic nitrogens is 3. The van der Waals surface area contributed by atoms with Crippen LogP contribution in [0.5, 0.6) is 0 Å². The van der Waals surface area contributed by atoms with Crippen LogP contribution in [-0.4, -0.2) is 20.4 Å². The van der Waals surface area contributed by atoms with Gasteiger partial charge in [0.2, 0.25) is 0 Å². The molecule has 1 aromatic carbocycles. The van der Waals surface area contributed by atoms with Crippen LogP contribution in [0.15, 0.2) is 63.6 Å². The van der Waals surface area contributed by atoms with Gasteiger partial charge < -0.3 is 9.88 Å². The lowest BCUT2D eigenvalue weighted by atomic mass is 10.2. The molecule has 2 aromatic heterocycles. The Hall–Kier alpha value is -1.83. The molecule has 8 heteroatoms. The van der Waals surface area contributed by atoms with E-state index in [1.807, 2.05) is 23.9 Å². The van der Waals surface area contributed by atoms with E-state index in [4.69, 9.17) is 11.6 Å². The maximum absolute atomic E-state index is 12.5. The Labute approximate surface area is 156 Å². The summed E-state index contributed by atoms with van der Waals surface area (Å²) >= 11 is 10.8. The summed E-state index contributed by atoms with van der Waals surface area (Å²) in [7, 11) is 1.91. The average molecular weight is 424 g/mol. The fourth-order valence-corrected chi connectivity index (χ4v) is 3.38. The largest absolute Gasteiger partial charge is 0.329 e. The summed E-state index contributed by atoms with van der Waals surface area (Å²) in [4.78, 5) is 21.6. The Morgan fingerprint density at radius 1 is 1.33 bits per heavy atom. The number of nitrogens with zero attached hydrogens (tertiary/aromatic N) is 3. The number of benzene rings is 1. The highest BCUT2D eigenvalue weighted by molar-refractivity contribution is 9.10. The third-order valence-corrected chi connectivity index (χ3v) is 4.96. The zero-order valence-corrected chi connectivity index (χ0v) is 15.7. The van der Waals surface area contributed by atoms with E-state index < -0.39 is 0 Å². The molecule has 0 unspecified atom stereocenters. The quantitative estimate of drug-likeness (QED) is 0.664. The minimum Gasteiger partial charge on any atom is -0.329 e. The number of hydrogen-bond acceptors (Lipinski definition) is 4. The molecule has 24 heavy (non-hydrogen) atoms. The van der Waals surface area contributed by atoms with Crippen molar-refractivity contribution in [2.45, 2.75) is 10.1 Å². The van der Waals surface area contributed by atoms with E-state index in [1.54, 1.807) is 30.6 Å². The van der Waals surface area contributed by atoms with Crippen molar-refractivity contribution in [1.82, 2.24) is 14.5 Å². The maximum Gasteiger partial charge on any atom is 0.257 e. The highest BCUT2D eigenvalue weighted by atomic mass is 79.9. The molecule has 0 atom stereocenters. The van der Waals surface area contributed by atoms with Crippen molar-refractivity contribution in [3.63, 3.8) is 0 Å². The Kier molecular flexibility index (Phi) is 5.23. The molecule has 0 aliphatic carbocycles. The molecule has 0 spiro atoms. The van der Waals surface area contributed by atoms with Gasteiger partial charge in [0.15, 0.2) is 5.16 Å². The second kappa shape index (κ2) is 7.38. The maximum atomic E-state index is 12.5. The van der Waals surface area contributed by atoms with Crippen LogP contribution >= 0.6 is 39.3 Å². The predicted molar refractivity (Wildman–Crippen MR) is 98.7 cm³/mol. The van der Waals surface area contributed by atoms with Crippen molar-refractivity contribution < 1.29 is 4.79 Å². The van der Waals surface area contributed by atoms with Crippen LogP contribution in [0.25, 0.3) is 0 Å². The molecular weight excluding hydrogens is 412 g/mol. The zero-order chi connectivity index (χ0) is 17.1. The molecule has 1 N–H and O–H groups in total. The molecule has 3 rings (SSSR count).